The molecule has 2 aliphatic rings. The highest BCUT2D eigenvalue weighted by molar-refractivity contribution is 5.91. The van der Waals surface area contributed by atoms with Crippen molar-refractivity contribution in [2.45, 2.75) is 12.5 Å². The molecular weight excluding hydrogens is 350 g/mol. The summed E-state index contributed by atoms with van der Waals surface area (Å²) in [5.74, 6) is 2.44. The zero-order chi connectivity index (χ0) is 18.6. The fraction of sp³-hybridized carbons (Fsp3) is 0.250. The fourth-order valence-electron chi connectivity index (χ4n) is 2.87. The molecule has 2 aliphatic heterocycles. The lowest BCUT2D eigenvalue weighted by Crippen LogP contribution is -2.23. The third-order valence-corrected chi connectivity index (χ3v) is 4.32. The van der Waals surface area contributed by atoms with Crippen LogP contribution >= 0.6 is 0 Å². The molecule has 0 spiro atoms. The number of hydrogen-bond acceptors (Lipinski definition) is 6. The minimum atomic E-state index is -0.697. The first-order valence-corrected chi connectivity index (χ1v) is 8.62. The molecule has 27 heavy (non-hydrogen) atoms. The smallest absolute Gasteiger partial charge is 0.244 e. The standard InChI is InChI=1S/C20H19NO6/c22-15(14-3-5-17-19(10-14)27-12-25-17)7-8-21-20(23)6-2-13-1-4-16-18(9-13)26-11-24-16/h1-6,9-10,15,22H,7-8,11-12H2,(H,21,23)/b6-2+. The van der Waals surface area contributed by atoms with Gasteiger partial charge < -0.3 is 29.4 Å². The van der Waals surface area contributed by atoms with Crippen molar-refractivity contribution in [1.82, 2.24) is 5.32 Å². The number of benzene rings is 2. The Morgan fingerprint density at radius 1 is 1.00 bits per heavy atom. The Labute approximate surface area is 156 Å². The van der Waals surface area contributed by atoms with Gasteiger partial charge in [0, 0.05) is 12.6 Å². The Balaban J connectivity index is 1.25. The molecule has 7 heteroatoms. The van der Waals surface area contributed by atoms with Crippen molar-refractivity contribution in [2.75, 3.05) is 20.1 Å². The van der Waals surface area contributed by atoms with Gasteiger partial charge in [-0.1, -0.05) is 12.1 Å². The molecule has 0 fully saturated rings. The summed E-state index contributed by atoms with van der Waals surface area (Å²) in [6, 6.07) is 10.8. The number of hydrogen-bond donors (Lipinski definition) is 2. The first-order valence-electron chi connectivity index (χ1n) is 8.62. The van der Waals surface area contributed by atoms with Gasteiger partial charge in [-0.3, -0.25) is 4.79 Å². The molecule has 1 unspecified atom stereocenters. The number of rotatable bonds is 6. The quantitative estimate of drug-likeness (QED) is 0.761. The van der Waals surface area contributed by atoms with Crippen LogP contribution in [0.15, 0.2) is 42.5 Å². The number of aliphatic hydroxyl groups is 1. The molecule has 2 heterocycles. The van der Waals surface area contributed by atoms with E-state index in [4.69, 9.17) is 18.9 Å². The molecule has 0 saturated heterocycles. The number of nitrogens with one attached hydrogen (secondary N) is 1. The van der Waals surface area contributed by atoms with Crippen molar-refractivity contribution >= 4 is 12.0 Å². The van der Waals surface area contributed by atoms with Gasteiger partial charge in [0.05, 0.1) is 6.10 Å². The third-order valence-electron chi connectivity index (χ3n) is 4.32. The summed E-state index contributed by atoms with van der Waals surface area (Å²) in [5, 5.41) is 13.0. The molecule has 0 saturated carbocycles. The van der Waals surface area contributed by atoms with E-state index in [-0.39, 0.29) is 19.5 Å². The van der Waals surface area contributed by atoms with Crippen LogP contribution < -0.4 is 24.3 Å². The number of fused-ring (bicyclic) bond motifs is 2. The van der Waals surface area contributed by atoms with Gasteiger partial charge in [0.25, 0.3) is 0 Å². The highest BCUT2D eigenvalue weighted by Crippen LogP contribution is 2.35. The summed E-state index contributed by atoms with van der Waals surface area (Å²) >= 11 is 0. The highest BCUT2D eigenvalue weighted by atomic mass is 16.7. The van der Waals surface area contributed by atoms with Crippen LogP contribution in [0.5, 0.6) is 23.0 Å². The molecule has 2 aromatic rings. The molecule has 2 N–H and O–H groups in total. The molecule has 1 atom stereocenters. The average molecular weight is 369 g/mol. The van der Waals surface area contributed by atoms with Crippen molar-refractivity contribution in [2.24, 2.45) is 0 Å². The number of carbonyl (C=O) groups excluding carboxylic acids is 1. The Hall–Kier alpha value is -3.19. The second kappa shape index (κ2) is 7.59. The van der Waals surface area contributed by atoms with Gasteiger partial charge in [0.1, 0.15) is 0 Å². The van der Waals surface area contributed by atoms with Gasteiger partial charge in [-0.15, -0.1) is 0 Å². The third kappa shape index (κ3) is 3.98. The van der Waals surface area contributed by atoms with E-state index >= 15 is 0 Å². The molecule has 0 aliphatic carbocycles. The number of carbonyl (C=O) groups is 1. The van der Waals surface area contributed by atoms with Crippen LogP contribution in [-0.2, 0) is 4.79 Å². The van der Waals surface area contributed by atoms with E-state index in [1.165, 1.54) is 6.08 Å². The second-order valence-corrected chi connectivity index (χ2v) is 6.15. The zero-order valence-corrected chi connectivity index (χ0v) is 14.5. The largest absolute Gasteiger partial charge is 0.454 e. The van der Waals surface area contributed by atoms with E-state index in [2.05, 4.69) is 5.32 Å². The summed E-state index contributed by atoms with van der Waals surface area (Å²) < 4.78 is 21.1. The van der Waals surface area contributed by atoms with Gasteiger partial charge >= 0.3 is 0 Å². The molecular formula is C20H19NO6. The number of amides is 1. The van der Waals surface area contributed by atoms with Crippen LogP contribution in [0.3, 0.4) is 0 Å². The van der Waals surface area contributed by atoms with E-state index in [1.54, 1.807) is 24.3 Å². The first kappa shape index (κ1) is 17.2. The molecule has 0 bridgehead atoms. The van der Waals surface area contributed by atoms with Gasteiger partial charge in [-0.05, 0) is 47.9 Å². The summed E-state index contributed by atoms with van der Waals surface area (Å²) in [4.78, 5) is 11.9. The molecule has 7 nitrogen and oxygen atoms in total. The predicted molar refractivity (Wildman–Crippen MR) is 96.8 cm³/mol. The molecule has 1 amide bonds. The number of ether oxygens (including phenoxy) is 4. The minimum absolute atomic E-state index is 0.195. The van der Waals surface area contributed by atoms with Gasteiger partial charge in [0.2, 0.25) is 19.5 Å². The van der Waals surface area contributed by atoms with Crippen LogP contribution in [0.1, 0.15) is 23.7 Å². The van der Waals surface area contributed by atoms with Crippen LogP contribution in [0.4, 0.5) is 0 Å². The van der Waals surface area contributed by atoms with E-state index in [1.807, 2.05) is 18.2 Å². The summed E-state index contributed by atoms with van der Waals surface area (Å²) in [7, 11) is 0. The van der Waals surface area contributed by atoms with Crippen molar-refractivity contribution in [3.8, 4) is 23.0 Å². The monoisotopic (exact) mass is 369 g/mol. The summed E-state index contributed by atoms with van der Waals surface area (Å²) in [6.45, 7) is 0.759. The lowest BCUT2D eigenvalue weighted by Gasteiger charge is -2.11. The van der Waals surface area contributed by atoms with Gasteiger partial charge in [-0.25, -0.2) is 0 Å². The van der Waals surface area contributed by atoms with Crippen LogP contribution in [0.2, 0.25) is 0 Å². The van der Waals surface area contributed by atoms with Crippen LogP contribution in [0.25, 0.3) is 6.08 Å². The summed E-state index contributed by atoms with van der Waals surface area (Å²) in [5.41, 5.74) is 1.57. The van der Waals surface area contributed by atoms with Gasteiger partial charge in [-0.2, -0.15) is 0 Å². The fourth-order valence-corrected chi connectivity index (χ4v) is 2.87. The van der Waals surface area contributed by atoms with E-state index in [9.17, 15) is 9.90 Å². The minimum Gasteiger partial charge on any atom is -0.454 e. The first-order chi connectivity index (χ1) is 13.2. The zero-order valence-electron chi connectivity index (χ0n) is 14.5. The van der Waals surface area contributed by atoms with Crippen molar-refractivity contribution < 1.29 is 28.8 Å². The van der Waals surface area contributed by atoms with Crippen LogP contribution in [0, 0.1) is 0 Å². The van der Waals surface area contributed by atoms with Crippen molar-refractivity contribution in [3.05, 3.63) is 53.6 Å². The maximum Gasteiger partial charge on any atom is 0.244 e. The normalized spacial score (nSPS) is 15.1. The Morgan fingerprint density at radius 2 is 1.67 bits per heavy atom. The predicted octanol–water partition coefficient (Wildman–Crippen LogP) is 2.40. The SMILES string of the molecule is O=C(/C=C/c1ccc2c(c1)OCO2)NCCC(O)c1ccc2c(c1)OCO2. The molecule has 4 rings (SSSR count). The Bertz CT molecular complexity index is 879. The summed E-state index contributed by atoms with van der Waals surface area (Å²) in [6.07, 6.45) is 2.84. The van der Waals surface area contributed by atoms with E-state index in [0.29, 0.717) is 36.0 Å². The maximum atomic E-state index is 11.9. The average Bonchev–Trinajstić information content (AvgIpc) is 3.34. The molecule has 2 aromatic carbocycles. The molecule has 0 aromatic heterocycles. The van der Waals surface area contributed by atoms with E-state index < -0.39 is 6.10 Å². The van der Waals surface area contributed by atoms with E-state index in [0.717, 1.165) is 11.1 Å². The molecule has 0 radical (unpaired) electrons. The topological polar surface area (TPSA) is 86.3 Å². The lowest BCUT2D eigenvalue weighted by atomic mass is 10.1. The van der Waals surface area contributed by atoms with Crippen molar-refractivity contribution in [3.63, 3.8) is 0 Å². The Morgan fingerprint density at radius 3 is 2.44 bits per heavy atom. The number of aliphatic hydroxyl groups excluding tert-OH is 1. The lowest BCUT2D eigenvalue weighted by molar-refractivity contribution is -0.116. The van der Waals surface area contributed by atoms with Crippen molar-refractivity contribution in [1.29, 1.82) is 0 Å². The second-order valence-electron chi connectivity index (χ2n) is 6.15. The Kier molecular flexibility index (Phi) is 4.84. The maximum absolute atomic E-state index is 11.9. The van der Waals surface area contributed by atoms with Crippen LogP contribution in [-0.4, -0.2) is 31.1 Å². The molecule has 140 valence electrons. The highest BCUT2D eigenvalue weighted by Gasteiger charge is 2.16. The van der Waals surface area contributed by atoms with Gasteiger partial charge in [0.15, 0.2) is 23.0 Å².